The molecule has 1 aromatic rings. The van der Waals surface area contributed by atoms with E-state index in [-0.39, 0.29) is 24.4 Å². The Labute approximate surface area is 172 Å². The summed E-state index contributed by atoms with van der Waals surface area (Å²) in [6.07, 6.45) is 2.36. The van der Waals surface area contributed by atoms with Crippen molar-refractivity contribution in [3.8, 4) is 0 Å². The van der Waals surface area contributed by atoms with E-state index in [0.29, 0.717) is 6.54 Å². The number of ether oxygens (including phenoxy) is 1. The Morgan fingerprint density at radius 1 is 1.31 bits per heavy atom. The van der Waals surface area contributed by atoms with Crippen molar-refractivity contribution in [3.63, 3.8) is 0 Å². The SMILES string of the molecule is CN(C)C(=O)CN=C(NCC1CCCO1)N1CCN(Cc2cccc(F)c2)CC1. The summed E-state index contributed by atoms with van der Waals surface area (Å²) >= 11 is 0. The van der Waals surface area contributed by atoms with Gasteiger partial charge < -0.3 is 19.9 Å². The molecule has 0 radical (unpaired) electrons. The monoisotopic (exact) mass is 405 g/mol. The van der Waals surface area contributed by atoms with Gasteiger partial charge in [0.05, 0.1) is 6.10 Å². The number of aliphatic imine (C=N–C) groups is 1. The van der Waals surface area contributed by atoms with Gasteiger partial charge in [0, 0.05) is 60.0 Å². The van der Waals surface area contributed by atoms with Gasteiger partial charge in [-0.05, 0) is 30.5 Å². The van der Waals surface area contributed by atoms with E-state index in [1.165, 1.54) is 6.07 Å². The number of carbonyl (C=O) groups is 1. The minimum atomic E-state index is -0.195. The highest BCUT2D eigenvalue weighted by molar-refractivity contribution is 5.85. The van der Waals surface area contributed by atoms with Crippen LogP contribution in [0.5, 0.6) is 0 Å². The van der Waals surface area contributed by atoms with E-state index in [0.717, 1.165) is 63.7 Å². The molecule has 3 rings (SSSR count). The Kier molecular flexibility index (Phi) is 7.83. The van der Waals surface area contributed by atoms with Crippen LogP contribution in [-0.4, -0.2) is 92.6 Å². The molecule has 2 aliphatic heterocycles. The standard InChI is InChI=1S/C21H32FN5O2/c1-25(2)20(28)15-24-21(23-14-19-7-4-12-29-19)27-10-8-26(9-11-27)16-17-5-3-6-18(22)13-17/h3,5-6,13,19H,4,7-12,14-16H2,1-2H3,(H,23,24). The molecule has 29 heavy (non-hydrogen) atoms. The molecular formula is C21H32FN5O2. The van der Waals surface area contributed by atoms with Crippen molar-refractivity contribution >= 4 is 11.9 Å². The van der Waals surface area contributed by atoms with Gasteiger partial charge in [0.2, 0.25) is 5.91 Å². The predicted octanol–water partition coefficient (Wildman–Crippen LogP) is 1.16. The first kappa shape index (κ1) is 21.5. The number of likely N-dealkylation sites (N-methyl/N-ethyl adjacent to an activating group) is 1. The average Bonchev–Trinajstić information content (AvgIpc) is 3.22. The summed E-state index contributed by atoms with van der Waals surface area (Å²) in [6.45, 7) is 5.73. The average molecular weight is 406 g/mol. The van der Waals surface area contributed by atoms with Crippen LogP contribution in [-0.2, 0) is 16.1 Å². The van der Waals surface area contributed by atoms with Crippen LogP contribution in [0.2, 0.25) is 0 Å². The van der Waals surface area contributed by atoms with Gasteiger partial charge in [-0.25, -0.2) is 9.38 Å². The Morgan fingerprint density at radius 2 is 2.10 bits per heavy atom. The van der Waals surface area contributed by atoms with Crippen molar-refractivity contribution in [1.29, 1.82) is 0 Å². The molecule has 0 aromatic heterocycles. The number of benzene rings is 1. The summed E-state index contributed by atoms with van der Waals surface area (Å²) in [5.74, 6) is 0.548. The van der Waals surface area contributed by atoms with Gasteiger partial charge in [-0.15, -0.1) is 0 Å². The number of rotatable bonds is 6. The molecule has 7 nitrogen and oxygen atoms in total. The first-order chi connectivity index (χ1) is 14.0. The lowest BCUT2D eigenvalue weighted by Gasteiger charge is -2.37. The molecule has 2 saturated heterocycles. The molecule has 1 atom stereocenters. The van der Waals surface area contributed by atoms with E-state index in [2.05, 4.69) is 20.1 Å². The van der Waals surface area contributed by atoms with Crippen LogP contribution in [0.3, 0.4) is 0 Å². The number of nitrogens with zero attached hydrogens (tertiary/aromatic N) is 4. The highest BCUT2D eigenvalue weighted by atomic mass is 19.1. The molecule has 0 aliphatic carbocycles. The van der Waals surface area contributed by atoms with Crippen LogP contribution in [0, 0.1) is 5.82 Å². The van der Waals surface area contributed by atoms with Crippen molar-refractivity contribution in [3.05, 3.63) is 35.6 Å². The Bertz CT molecular complexity index is 698. The lowest BCUT2D eigenvalue weighted by Crippen LogP contribution is -2.53. The molecule has 8 heteroatoms. The summed E-state index contributed by atoms with van der Waals surface area (Å²) < 4.78 is 19.1. The van der Waals surface area contributed by atoms with Gasteiger partial charge >= 0.3 is 0 Å². The van der Waals surface area contributed by atoms with Crippen molar-refractivity contribution in [1.82, 2.24) is 20.0 Å². The molecular weight excluding hydrogens is 373 g/mol. The molecule has 1 unspecified atom stereocenters. The predicted molar refractivity (Wildman–Crippen MR) is 111 cm³/mol. The second-order valence-corrected chi connectivity index (χ2v) is 7.84. The number of guanidine groups is 1. The van der Waals surface area contributed by atoms with Crippen molar-refractivity contribution in [2.45, 2.75) is 25.5 Å². The van der Waals surface area contributed by atoms with Crippen LogP contribution in [0.15, 0.2) is 29.3 Å². The highest BCUT2D eigenvalue weighted by Gasteiger charge is 2.22. The molecule has 2 heterocycles. The van der Waals surface area contributed by atoms with Crippen molar-refractivity contribution in [2.75, 3.05) is 60.0 Å². The third kappa shape index (κ3) is 6.68. The highest BCUT2D eigenvalue weighted by Crippen LogP contribution is 2.12. The van der Waals surface area contributed by atoms with Crippen molar-refractivity contribution < 1.29 is 13.9 Å². The van der Waals surface area contributed by atoms with Crippen LogP contribution in [0.1, 0.15) is 18.4 Å². The fourth-order valence-electron chi connectivity index (χ4n) is 3.57. The number of hydrogen-bond acceptors (Lipinski definition) is 4. The molecule has 160 valence electrons. The lowest BCUT2D eigenvalue weighted by atomic mass is 10.2. The van der Waals surface area contributed by atoms with Gasteiger partial charge in [0.25, 0.3) is 0 Å². The van der Waals surface area contributed by atoms with Crippen LogP contribution in [0.4, 0.5) is 4.39 Å². The first-order valence-electron chi connectivity index (χ1n) is 10.3. The van der Waals surface area contributed by atoms with Crippen LogP contribution >= 0.6 is 0 Å². The third-order valence-electron chi connectivity index (χ3n) is 5.34. The molecule has 1 aromatic carbocycles. The van der Waals surface area contributed by atoms with E-state index >= 15 is 0 Å². The molecule has 2 fully saturated rings. The van der Waals surface area contributed by atoms with E-state index in [1.54, 1.807) is 31.1 Å². The van der Waals surface area contributed by atoms with E-state index in [1.807, 2.05) is 6.07 Å². The van der Waals surface area contributed by atoms with Gasteiger partial charge in [-0.2, -0.15) is 0 Å². The van der Waals surface area contributed by atoms with Crippen LogP contribution in [0.25, 0.3) is 0 Å². The summed E-state index contributed by atoms with van der Waals surface area (Å²) in [5.41, 5.74) is 0.987. The Morgan fingerprint density at radius 3 is 2.76 bits per heavy atom. The number of amides is 1. The minimum absolute atomic E-state index is 0.0221. The molecule has 1 N–H and O–H groups in total. The van der Waals surface area contributed by atoms with E-state index < -0.39 is 0 Å². The zero-order valence-electron chi connectivity index (χ0n) is 17.4. The number of halogens is 1. The Hall–Kier alpha value is -2.19. The largest absolute Gasteiger partial charge is 0.376 e. The van der Waals surface area contributed by atoms with E-state index in [4.69, 9.17) is 4.74 Å². The smallest absolute Gasteiger partial charge is 0.243 e. The summed E-state index contributed by atoms with van der Waals surface area (Å²) in [7, 11) is 3.48. The molecule has 2 aliphatic rings. The van der Waals surface area contributed by atoms with Gasteiger partial charge in [-0.1, -0.05) is 12.1 Å². The van der Waals surface area contributed by atoms with Crippen LogP contribution < -0.4 is 5.32 Å². The fourth-order valence-corrected chi connectivity index (χ4v) is 3.57. The second-order valence-electron chi connectivity index (χ2n) is 7.84. The number of nitrogens with one attached hydrogen (secondary N) is 1. The number of carbonyl (C=O) groups excluding carboxylic acids is 1. The zero-order valence-corrected chi connectivity index (χ0v) is 17.4. The summed E-state index contributed by atoms with van der Waals surface area (Å²) in [5, 5.41) is 3.41. The van der Waals surface area contributed by atoms with Crippen molar-refractivity contribution in [2.24, 2.45) is 4.99 Å². The van der Waals surface area contributed by atoms with E-state index in [9.17, 15) is 9.18 Å². The fraction of sp³-hybridized carbons (Fsp3) is 0.619. The molecule has 0 spiro atoms. The normalized spacial score (nSPS) is 20.7. The third-order valence-corrected chi connectivity index (χ3v) is 5.34. The Balaban J connectivity index is 1.55. The zero-order chi connectivity index (χ0) is 20.6. The first-order valence-corrected chi connectivity index (χ1v) is 10.3. The number of piperazine rings is 1. The molecule has 0 bridgehead atoms. The van der Waals surface area contributed by atoms with Gasteiger partial charge in [-0.3, -0.25) is 9.69 Å². The quantitative estimate of drug-likeness (QED) is 0.569. The maximum atomic E-state index is 13.4. The second kappa shape index (κ2) is 10.5. The minimum Gasteiger partial charge on any atom is -0.376 e. The summed E-state index contributed by atoms with van der Waals surface area (Å²) in [6, 6.07) is 6.77. The summed E-state index contributed by atoms with van der Waals surface area (Å²) in [4.78, 5) is 22.6. The maximum absolute atomic E-state index is 13.4. The maximum Gasteiger partial charge on any atom is 0.243 e. The molecule has 1 amide bonds. The van der Waals surface area contributed by atoms with Gasteiger partial charge in [0.15, 0.2) is 5.96 Å². The van der Waals surface area contributed by atoms with Gasteiger partial charge in [0.1, 0.15) is 12.4 Å². The lowest BCUT2D eigenvalue weighted by molar-refractivity contribution is -0.127. The molecule has 0 saturated carbocycles. The topological polar surface area (TPSA) is 60.4 Å². The number of hydrogen-bond donors (Lipinski definition) is 1.